The van der Waals surface area contributed by atoms with E-state index in [2.05, 4.69) is 5.32 Å². The predicted octanol–water partition coefficient (Wildman–Crippen LogP) is 2.81. The minimum atomic E-state index is -1.20. The quantitative estimate of drug-likeness (QED) is 0.359. The number of ether oxygens (including phenoxy) is 5. The van der Waals surface area contributed by atoms with E-state index in [9.17, 15) is 19.7 Å². The molecule has 0 heterocycles. The third kappa shape index (κ3) is 5.32. The second kappa shape index (κ2) is 10.1. The van der Waals surface area contributed by atoms with Gasteiger partial charge in [0.2, 0.25) is 0 Å². The van der Waals surface area contributed by atoms with Crippen LogP contribution in [0.5, 0.6) is 23.0 Å². The molecule has 0 aliphatic carbocycles. The summed E-state index contributed by atoms with van der Waals surface area (Å²) in [6.45, 7) is 1.37. The van der Waals surface area contributed by atoms with Crippen LogP contribution < -0.4 is 24.3 Å². The number of nitro benzene ring substituents is 1. The van der Waals surface area contributed by atoms with Gasteiger partial charge in [0.25, 0.3) is 11.6 Å². The van der Waals surface area contributed by atoms with Gasteiger partial charge < -0.3 is 29.0 Å². The summed E-state index contributed by atoms with van der Waals surface area (Å²) in [5.41, 5.74) is 0.0206. The normalized spacial score (nSPS) is 11.1. The lowest BCUT2D eigenvalue weighted by Crippen LogP contribution is -2.30. The van der Waals surface area contributed by atoms with E-state index in [0.717, 1.165) is 0 Å². The van der Waals surface area contributed by atoms with Crippen LogP contribution >= 0.6 is 0 Å². The average molecular weight is 434 g/mol. The van der Waals surface area contributed by atoms with E-state index in [1.54, 1.807) is 0 Å². The molecule has 0 spiro atoms. The van der Waals surface area contributed by atoms with E-state index < -0.39 is 22.9 Å². The van der Waals surface area contributed by atoms with Gasteiger partial charge in [0.1, 0.15) is 17.1 Å². The van der Waals surface area contributed by atoms with Gasteiger partial charge in [-0.1, -0.05) is 0 Å². The number of nitrogens with zero attached hydrogens (tertiary/aromatic N) is 1. The molecule has 11 heteroatoms. The first-order chi connectivity index (χ1) is 14.7. The fourth-order valence-corrected chi connectivity index (χ4v) is 2.60. The lowest BCUT2D eigenvalue weighted by molar-refractivity contribution is -0.384. The van der Waals surface area contributed by atoms with Crippen LogP contribution in [0.1, 0.15) is 17.3 Å². The van der Waals surface area contributed by atoms with Crippen molar-refractivity contribution in [3.05, 3.63) is 46.0 Å². The van der Waals surface area contributed by atoms with E-state index in [1.807, 2.05) is 0 Å². The molecule has 2 rings (SSSR count). The maximum Gasteiger partial charge on any atom is 0.342 e. The summed E-state index contributed by atoms with van der Waals surface area (Å²) in [7, 11) is 5.53. The number of anilines is 1. The van der Waals surface area contributed by atoms with Gasteiger partial charge >= 0.3 is 5.97 Å². The number of hydrogen-bond acceptors (Lipinski definition) is 9. The van der Waals surface area contributed by atoms with Crippen molar-refractivity contribution in [3.8, 4) is 23.0 Å². The summed E-state index contributed by atoms with van der Waals surface area (Å²) in [5, 5.41) is 13.4. The van der Waals surface area contributed by atoms with E-state index in [0.29, 0.717) is 5.75 Å². The second-order valence-electron chi connectivity index (χ2n) is 6.09. The van der Waals surface area contributed by atoms with Gasteiger partial charge in [0, 0.05) is 18.2 Å². The van der Waals surface area contributed by atoms with E-state index in [-0.39, 0.29) is 34.2 Å². The van der Waals surface area contributed by atoms with E-state index in [1.165, 1.54) is 65.7 Å². The van der Waals surface area contributed by atoms with Gasteiger partial charge in [-0.2, -0.15) is 0 Å². The Balaban J connectivity index is 2.18. The van der Waals surface area contributed by atoms with Crippen molar-refractivity contribution in [1.29, 1.82) is 0 Å². The van der Waals surface area contributed by atoms with Gasteiger partial charge in [0.05, 0.1) is 45.1 Å². The average Bonchev–Trinajstić information content (AvgIpc) is 2.77. The number of carbonyl (C=O) groups is 2. The molecule has 1 amide bonds. The number of benzene rings is 2. The summed E-state index contributed by atoms with van der Waals surface area (Å²) >= 11 is 0. The molecule has 2 aromatic carbocycles. The van der Waals surface area contributed by atoms with Crippen molar-refractivity contribution in [2.75, 3.05) is 33.8 Å². The molecule has 0 radical (unpaired) electrons. The molecule has 166 valence electrons. The van der Waals surface area contributed by atoms with Crippen LogP contribution in [-0.4, -0.2) is 51.3 Å². The zero-order valence-electron chi connectivity index (χ0n) is 17.6. The van der Waals surface area contributed by atoms with Crippen LogP contribution in [0.15, 0.2) is 30.3 Å². The second-order valence-corrected chi connectivity index (χ2v) is 6.09. The van der Waals surface area contributed by atoms with Crippen LogP contribution in [0.25, 0.3) is 0 Å². The smallest absolute Gasteiger partial charge is 0.342 e. The first kappa shape index (κ1) is 23.3. The molecule has 2 aromatic rings. The first-order valence-electron chi connectivity index (χ1n) is 8.90. The molecule has 1 atom stereocenters. The summed E-state index contributed by atoms with van der Waals surface area (Å²) in [4.78, 5) is 35.4. The Hall–Kier alpha value is -4.02. The minimum Gasteiger partial charge on any atom is -0.496 e. The number of rotatable bonds is 9. The Morgan fingerprint density at radius 2 is 1.48 bits per heavy atom. The van der Waals surface area contributed by atoms with Crippen LogP contribution in [0, 0.1) is 10.1 Å². The summed E-state index contributed by atoms with van der Waals surface area (Å²) in [6, 6.07) is 6.54. The zero-order valence-corrected chi connectivity index (χ0v) is 17.6. The molecule has 0 aliphatic rings. The number of nitrogens with one attached hydrogen (secondary N) is 1. The summed E-state index contributed by atoms with van der Waals surface area (Å²) in [6.07, 6.45) is -1.20. The van der Waals surface area contributed by atoms with Crippen molar-refractivity contribution < 1.29 is 38.2 Å². The standard InChI is InChI=1S/C20H22N2O9/c1-11(19(23)21-14-7-6-12(22(25)26)8-16(14)28-3)31-20(24)13-9-17(29-4)18(30-5)10-15(13)27-2/h6-11H,1-5H3,(H,21,23)/t11-/m1/s1. The molecule has 11 nitrogen and oxygen atoms in total. The number of nitro groups is 1. The highest BCUT2D eigenvalue weighted by atomic mass is 16.6. The molecule has 0 bridgehead atoms. The molecule has 0 aromatic heterocycles. The van der Waals surface area contributed by atoms with Crippen molar-refractivity contribution in [1.82, 2.24) is 0 Å². The van der Waals surface area contributed by atoms with E-state index >= 15 is 0 Å². The number of esters is 1. The molecule has 0 unspecified atom stereocenters. The van der Waals surface area contributed by atoms with Crippen LogP contribution in [-0.2, 0) is 9.53 Å². The minimum absolute atomic E-state index is 0.0349. The molecule has 0 fully saturated rings. The van der Waals surface area contributed by atoms with Gasteiger partial charge in [-0.05, 0) is 13.0 Å². The van der Waals surface area contributed by atoms with Crippen LogP contribution in [0.2, 0.25) is 0 Å². The topological polar surface area (TPSA) is 135 Å². The van der Waals surface area contributed by atoms with E-state index in [4.69, 9.17) is 23.7 Å². The Morgan fingerprint density at radius 3 is 2.03 bits per heavy atom. The molecule has 1 N–H and O–H groups in total. The molecular formula is C20H22N2O9. The monoisotopic (exact) mass is 434 g/mol. The Bertz CT molecular complexity index is 991. The molecule has 0 saturated carbocycles. The molecular weight excluding hydrogens is 412 g/mol. The first-order valence-corrected chi connectivity index (χ1v) is 8.90. The summed E-state index contributed by atoms with van der Waals surface area (Å²) < 4.78 is 25.9. The number of amides is 1. The molecule has 0 aliphatic heterocycles. The maximum absolute atomic E-state index is 12.6. The maximum atomic E-state index is 12.6. The van der Waals surface area contributed by atoms with Gasteiger partial charge in [-0.15, -0.1) is 0 Å². The number of methoxy groups -OCH3 is 4. The number of non-ortho nitro benzene ring substituents is 1. The van der Waals surface area contributed by atoms with Crippen molar-refractivity contribution in [3.63, 3.8) is 0 Å². The molecule has 0 saturated heterocycles. The van der Waals surface area contributed by atoms with Crippen molar-refractivity contribution in [2.24, 2.45) is 0 Å². The fraction of sp³-hybridized carbons (Fsp3) is 0.300. The molecule has 31 heavy (non-hydrogen) atoms. The lowest BCUT2D eigenvalue weighted by atomic mass is 10.1. The Morgan fingerprint density at radius 1 is 0.903 bits per heavy atom. The van der Waals surface area contributed by atoms with Crippen molar-refractivity contribution in [2.45, 2.75) is 13.0 Å². The van der Waals surface area contributed by atoms with Gasteiger partial charge in [-0.3, -0.25) is 14.9 Å². The van der Waals surface area contributed by atoms with Crippen LogP contribution in [0.4, 0.5) is 11.4 Å². The highest BCUT2D eigenvalue weighted by Gasteiger charge is 2.24. The predicted molar refractivity (Wildman–Crippen MR) is 109 cm³/mol. The Labute approximate surface area is 178 Å². The number of carbonyl (C=O) groups excluding carboxylic acids is 2. The fourth-order valence-electron chi connectivity index (χ4n) is 2.60. The lowest BCUT2D eigenvalue weighted by Gasteiger charge is -2.17. The third-order valence-electron chi connectivity index (χ3n) is 4.23. The summed E-state index contributed by atoms with van der Waals surface area (Å²) in [5.74, 6) is -0.596. The number of hydrogen-bond donors (Lipinski definition) is 1. The highest BCUT2D eigenvalue weighted by molar-refractivity contribution is 5.99. The Kier molecular flexibility index (Phi) is 7.61. The SMILES string of the molecule is COc1cc([N+](=O)[O-])ccc1NC(=O)[C@@H](C)OC(=O)c1cc(OC)c(OC)cc1OC. The van der Waals surface area contributed by atoms with Crippen LogP contribution in [0.3, 0.4) is 0 Å². The van der Waals surface area contributed by atoms with Gasteiger partial charge in [-0.25, -0.2) is 4.79 Å². The third-order valence-corrected chi connectivity index (χ3v) is 4.23. The zero-order chi connectivity index (χ0) is 23.1. The highest BCUT2D eigenvalue weighted by Crippen LogP contribution is 2.35. The largest absolute Gasteiger partial charge is 0.496 e. The van der Waals surface area contributed by atoms with Gasteiger partial charge in [0.15, 0.2) is 17.6 Å². The van der Waals surface area contributed by atoms with Crippen molar-refractivity contribution >= 4 is 23.3 Å².